The van der Waals surface area contributed by atoms with Gasteiger partial charge in [-0.3, -0.25) is 9.59 Å². The normalized spacial score (nSPS) is 10.3. The summed E-state index contributed by atoms with van der Waals surface area (Å²) in [6, 6.07) is 18.0. The van der Waals surface area contributed by atoms with Gasteiger partial charge in [0, 0.05) is 18.3 Å². The highest BCUT2D eigenvalue weighted by Crippen LogP contribution is 2.16. The molecule has 0 fully saturated rings. The molecule has 0 unspecified atom stereocenters. The predicted molar refractivity (Wildman–Crippen MR) is 117 cm³/mol. The van der Waals surface area contributed by atoms with Crippen molar-refractivity contribution in [2.45, 2.75) is 13.5 Å². The van der Waals surface area contributed by atoms with Gasteiger partial charge in [-0.15, -0.1) is 0 Å². The van der Waals surface area contributed by atoms with Crippen LogP contribution < -0.4 is 10.1 Å². The van der Waals surface area contributed by atoms with E-state index in [0.717, 1.165) is 5.56 Å². The van der Waals surface area contributed by atoms with E-state index in [2.05, 4.69) is 5.32 Å². The first kappa shape index (κ1) is 22.6. The van der Waals surface area contributed by atoms with Gasteiger partial charge in [0.1, 0.15) is 12.4 Å². The molecule has 2 amide bonds. The molecule has 0 saturated heterocycles. The van der Waals surface area contributed by atoms with Crippen LogP contribution >= 0.6 is 0 Å². The number of para-hydroxylation sites is 1. The minimum atomic E-state index is -0.785. The molecule has 3 rings (SSSR count). The van der Waals surface area contributed by atoms with Crippen LogP contribution in [0.25, 0.3) is 0 Å². The highest BCUT2D eigenvalue weighted by molar-refractivity contribution is 5.95. The minimum absolute atomic E-state index is 0.0338. The average Bonchev–Trinajstić information content (AvgIpc) is 3.26. The second-order valence-corrected chi connectivity index (χ2v) is 7.12. The molecule has 0 bridgehead atoms. The number of esters is 1. The lowest BCUT2D eigenvalue weighted by Crippen LogP contribution is -2.37. The minimum Gasteiger partial charge on any atom is -0.489 e. The first-order valence-corrected chi connectivity index (χ1v) is 9.94. The molecule has 2 aromatic carbocycles. The molecule has 8 nitrogen and oxygen atoms in total. The van der Waals surface area contributed by atoms with Crippen molar-refractivity contribution in [1.82, 2.24) is 4.90 Å². The topological polar surface area (TPSA) is 98.1 Å². The van der Waals surface area contributed by atoms with Crippen LogP contribution in [0, 0.1) is 6.92 Å². The van der Waals surface area contributed by atoms with Crippen LogP contribution in [-0.4, -0.2) is 42.9 Å². The Balaban J connectivity index is 1.46. The second kappa shape index (κ2) is 10.8. The number of amides is 2. The standard InChI is InChI=1S/C24H24N2O6/c1-17-8-10-19(11-9-17)25-21(27)14-26(2)22(28)16-32-24(29)23-18(12-13-30-23)15-31-20-6-4-3-5-7-20/h3-13H,14-16H2,1-2H3,(H,25,27). The second-order valence-electron chi connectivity index (χ2n) is 7.12. The van der Waals surface area contributed by atoms with Gasteiger partial charge in [-0.05, 0) is 37.3 Å². The number of furan rings is 1. The molecule has 1 heterocycles. The van der Waals surface area contributed by atoms with Crippen LogP contribution in [0.15, 0.2) is 71.3 Å². The van der Waals surface area contributed by atoms with Gasteiger partial charge in [0.2, 0.25) is 11.7 Å². The third-order valence-corrected chi connectivity index (χ3v) is 4.54. The van der Waals surface area contributed by atoms with Crippen molar-refractivity contribution < 1.29 is 28.3 Å². The van der Waals surface area contributed by atoms with E-state index >= 15 is 0 Å². The van der Waals surface area contributed by atoms with Crippen LogP contribution in [0.2, 0.25) is 0 Å². The van der Waals surface area contributed by atoms with Crippen molar-refractivity contribution >= 4 is 23.5 Å². The van der Waals surface area contributed by atoms with Crippen molar-refractivity contribution in [3.8, 4) is 5.75 Å². The summed E-state index contributed by atoms with van der Waals surface area (Å²) in [6.07, 6.45) is 1.35. The van der Waals surface area contributed by atoms with E-state index in [1.54, 1.807) is 30.3 Å². The number of nitrogens with one attached hydrogen (secondary N) is 1. The zero-order valence-corrected chi connectivity index (χ0v) is 17.9. The summed E-state index contributed by atoms with van der Waals surface area (Å²) in [4.78, 5) is 37.9. The number of carbonyl (C=O) groups excluding carboxylic acids is 3. The number of aryl methyl sites for hydroxylation is 1. The molecule has 0 aliphatic heterocycles. The zero-order chi connectivity index (χ0) is 22.9. The molecule has 166 valence electrons. The number of carbonyl (C=O) groups is 3. The molecule has 0 saturated carbocycles. The van der Waals surface area contributed by atoms with E-state index in [9.17, 15) is 14.4 Å². The molecule has 0 aliphatic carbocycles. The summed E-state index contributed by atoms with van der Waals surface area (Å²) in [6.45, 7) is 1.35. The van der Waals surface area contributed by atoms with Gasteiger partial charge >= 0.3 is 5.97 Å². The Morgan fingerprint density at radius 3 is 2.44 bits per heavy atom. The Labute approximate surface area is 185 Å². The van der Waals surface area contributed by atoms with Crippen LogP contribution in [0.5, 0.6) is 5.75 Å². The number of hydrogen-bond donors (Lipinski definition) is 1. The largest absolute Gasteiger partial charge is 0.489 e. The summed E-state index contributed by atoms with van der Waals surface area (Å²) in [5.41, 5.74) is 2.21. The number of rotatable bonds is 9. The van der Waals surface area contributed by atoms with Crippen molar-refractivity contribution in [2.75, 3.05) is 25.5 Å². The van der Waals surface area contributed by atoms with Crippen molar-refractivity contribution in [2.24, 2.45) is 0 Å². The molecule has 1 N–H and O–H groups in total. The number of anilines is 1. The monoisotopic (exact) mass is 436 g/mol. The molecule has 3 aromatic rings. The highest BCUT2D eigenvalue weighted by Gasteiger charge is 2.20. The molecule has 0 atom stereocenters. The maximum Gasteiger partial charge on any atom is 0.375 e. The summed E-state index contributed by atoms with van der Waals surface area (Å²) < 4.78 is 15.9. The lowest BCUT2D eigenvalue weighted by Gasteiger charge is -2.16. The molecule has 8 heteroatoms. The molecule has 0 spiro atoms. The van der Waals surface area contributed by atoms with Crippen molar-refractivity contribution in [1.29, 1.82) is 0 Å². The summed E-state index contributed by atoms with van der Waals surface area (Å²) in [5, 5.41) is 2.71. The number of nitrogens with zero attached hydrogens (tertiary/aromatic N) is 1. The van der Waals surface area contributed by atoms with E-state index in [-0.39, 0.29) is 24.8 Å². The summed E-state index contributed by atoms with van der Waals surface area (Å²) in [5.74, 6) is -1.05. The third kappa shape index (κ3) is 6.46. The maximum absolute atomic E-state index is 12.3. The van der Waals surface area contributed by atoms with E-state index in [0.29, 0.717) is 17.0 Å². The van der Waals surface area contributed by atoms with Gasteiger partial charge in [0.15, 0.2) is 6.61 Å². The van der Waals surface area contributed by atoms with Crippen molar-refractivity contribution in [3.05, 3.63) is 83.8 Å². The predicted octanol–water partition coefficient (Wildman–Crippen LogP) is 3.42. The van der Waals surface area contributed by atoms with E-state index in [4.69, 9.17) is 13.9 Å². The van der Waals surface area contributed by atoms with Crippen LogP contribution in [-0.2, 0) is 20.9 Å². The Bertz CT molecular complexity index is 1060. The first-order chi connectivity index (χ1) is 15.4. The average molecular weight is 436 g/mol. The van der Waals surface area contributed by atoms with Crippen molar-refractivity contribution in [3.63, 3.8) is 0 Å². The fourth-order valence-electron chi connectivity index (χ4n) is 2.75. The SMILES string of the molecule is Cc1ccc(NC(=O)CN(C)C(=O)COC(=O)c2occc2COc2ccccc2)cc1. The number of hydrogen-bond acceptors (Lipinski definition) is 6. The van der Waals surface area contributed by atoms with Gasteiger partial charge in [-0.2, -0.15) is 0 Å². The Morgan fingerprint density at radius 1 is 1.00 bits per heavy atom. The Kier molecular flexibility index (Phi) is 7.64. The molecule has 0 radical (unpaired) electrons. The van der Waals surface area contributed by atoms with Crippen LogP contribution in [0.3, 0.4) is 0 Å². The first-order valence-electron chi connectivity index (χ1n) is 9.94. The molecule has 0 aliphatic rings. The van der Waals surface area contributed by atoms with Crippen LogP contribution in [0.1, 0.15) is 21.7 Å². The Morgan fingerprint density at radius 2 is 1.72 bits per heavy atom. The zero-order valence-electron chi connectivity index (χ0n) is 17.9. The highest BCUT2D eigenvalue weighted by atomic mass is 16.5. The fraction of sp³-hybridized carbons (Fsp3) is 0.208. The van der Waals surface area contributed by atoms with E-state index < -0.39 is 18.5 Å². The molecule has 32 heavy (non-hydrogen) atoms. The van der Waals surface area contributed by atoms with Crippen LogP contribution in [0.4, 0.5) is 5.69 Å². The summed E-state index contributed by atoms with van der Waals surface area (Å²) >= 11 is 0. The fourth-order valence-corrected chi connectivity index (χ4v) is 2.75. The molecule has 1 aromatic heterocycles. The number of benzene rings is 2. The van der Waals surface area contributed by atoms with E-state index in [1.807, 2.05) is 37.3 Å². The third-order valence-electron chi connectivity index (χ3n) is 4.54. The molecular weight excluding hydrogens is 412 g/mol. The smallest absolute Gasteiger partial charge is 0.375 e. The van der Waals surface area contributed by atoms with Gasteiger partial charge in [-0.25, -0.2) is 4.79 Å². The quantitative estimate of drug-likeness (QED) is 0.516. The lowest BCUT2D eigenvalue weighted by atomic mass is 10.2. The van der Waals surface area contributed by atoms with Gasteiger partial charge in [-0.1, -0.05) is 35.9 Å². The van der Waals surface area contributed by atoms with Gasteiger partial charge in [0.05, 0.1) is 12.8 Å². The lowest BCUT2D eigenvalue weighted by molar-refractivity contribution is -0.136. The van der Waals surface area contributed by atoms with Gasteiger partial charge in [0.25, 0.3) is 5.91 Å². The van der Waals surface area contributed by atoms with E-state index in [1.165, 1.54) is 18.2 Å². The Hall–Kier alpha value is -4.07. The number of ether oxygens (including phenoxy) is 2. The molecular formula is C24H24N2O6. The number of likely N-dealkylation sites (N-methyl/N-ethyl adjacent to an activating group) is 1. The maximum atomic E-state index is 12.3. The van der Waals surface area contributed by atoms with Gasteiger partial charge < -0.3 is 24.1 Å². The summed E-state index contributed by atoms with van der Waals surface area (Å²) in [7, 11) is 1.46.